The zero-order valence-electron chi connectivity index (χ0n) is 8.99. The van der Waals surface area contributed by atoms with Crippen molar-refractivity contribution in [2.45, 2.75) is 31.7 Å². The van der Waals surface area contributed by atoms with Crippen molar-refractivity contribution >= 4 is 8.97 Å². The van der Waals surface area contributed by atoms with Crippen LogP contribution in [0.5, 0.6) is 0 Å². The maximum atomic E-state index is 5.75. The van der Waals surface area contributed by atoms with Crippen molar-refractivity contribution < 1.29 is 13.3 Å². The molecule has 4 nitrogen and oxygen atoms in total. The molecular formula is C9H19NO3Si. The second kappa shape index (κ2) is 4.28. The van der Waals surface area contributed by atoms with Crippen LogP contribution in [0.1, 0.15) is 25.7 Å². The third-order valence-electron chi connectivity index (χ3n) is 3.23. The molecule has 2 saturated heterocycles. The molecule has 82 valence electrons. The highest BCUT2D eigenvalue weighted by atomic mass is 28.4. The molecule has 0 bridgehead atoms. The summed E-state index contributed by atoms with van der Waals surface area (Å²) in [4.78, 5) is 0. The minimum atomic E-state index is -2.46. The van der Waals surface area contributed by atoms with Crippen molar-refractivity contribution in [3.8, 4) is 0 Å². The summed E-state index contributed by atoms with van der Waals surface area (Å²) in [5.41, 5.74) is 0. The molecular weight excluding hydrogens is 198 g/mol. The fourth-order valence-electron chi connectivity index (χ4n) is 2.50. The molecule has 0 aromatic rings. The first-order valence-corrected chi connectivity index (χ1v) is 7.00. The molecule has 0 aromatic heterocycles. The second-order valence-corrected chi connectivity index (χ2v) is 6.64. The number of hydrogen-bond donors (Lipinski definition) is 0. The van der Waals surface area contributed by atoms with Crippen LogP contribution in [0.15, 0.2) is 0 Å². The van der Waals surface area contributed by atoms with Gasteiger partial charge in [-0.25, -0.2) is 0 Å². The van der Waals surface area contributed by atoms with Gasteiger partial charge in [0.25, 0.3) is 0 Å². The van der Waals surface area contributed by atoms with E-state index in [-0.39, 0.29) is 0 Å². The Balaban J connectivity index is 2.14. The summed E-state index contributed by atoms with van der Waals surface area (Å²) in [6.07, 6.45) is 4.96. The lowest BCUT2D eigenvalue weighted by Gasteiger charge is -2.47. The molecule has 2 aliphatic heterocycles. The molecule has 0 radical (unpaired) electrons. The fourth-order valence-corrected chi connectivity index (χ4v) is 5.05. The monoisotopic (exact) mass is 217 g/mol. The van der Waals surface area contributed by atoms with Gasteiger partial charge >= 0.3 is 8.97 Å². The van der Waals surface area contributed by atoms with Gasteiger partial charge in [0.1, 0.15) is 0 Å². The predicted octanol–water partition coefficient (Wildman–Crippen LogP) is 0.990. The molecule has 14 heavy (non-hydrogen) atoms. The minimum absolute atomic E-state index is 0.629. The number of nitrogens with zero attached hydrogens (tertiary/aromatic N) is 1. The molecule has 2 aliphatic rings. The standard InChI is InChI=1S/C9H19NO3Si/c1-11-14(12-2)10-7-4-3-5-9(10)6-8-13-14/h9H,3-8H2,1-2H3/t9-/m0/s1. The van der Waals surface area contributed by atoms with Gasteiger partial charge in [-0.1, -0.05) is 6.42 Å². The van der Waals surface area contributed by atoms with Gasteiger partial charge in [0.15, 0.2) is 0 Å². The Hall–Kier alpha value is 0.0569. The maximum Gasteiger partial charge on any atom is 0.599 e. The largest absolute Gasteiger partial charge is 0.599 e. The molecule has 0 N–H and O–H groups in total. The molecule has 2 rings (SSSR count). The second-order valence-electron chi connectivity index (χ2n) is 3.91. The summed E-state index contributed by atoms with van der Waals surface area (Å²) in [6.45, 7) is 1.85. The lowest BCUT2D eigenvalue weighted by molar-refractivity contribution is -0.0209. The highest BCUT2D eigenvalue weighted by Crippen LogP contribution is 2.30. The van der Waals surface area contributed by atoms with Crippen LogP contribution in [0.3, 0.4) is 0 Å². The number of rotatable bonds is 2. The highest BCUT2D eigenvalue weighted by Gasteiger charge is 2.53. The van der Waals surface area contributed by atoms with Crippen LogP contribution in [0.4, 0.5) is 0 Å². The van der Waals surface area contributed by atoms with Crippen LogP contribution >= 0.6 is 0 Å². The summed E-state index contributed by atoms with van der Waals surface area (Å²) >= 11 is 0. The van der Waals surface area contributed by atoms with Gasteiger partial charge in [-0.3, -0.25) is 4.57 Å². The van der Waals surface area contributed by atoms with Gasteiger partial charge in [0.05, 0.1) is 0 Å². The van der Waals surface area contributed by atoms with E-state index >= 15 is 0 Å². The molecule has 5 heteroatoms. The first-order chi connectivity index (χ1) is 6.82. The van der Waals surface area contributed by atoms with E-state index in [0.717, 1.165) is 19.6 Å². The van der Waals surface area contributed by atoms with Gasteiger partial charge < -0.3 is 13.3 Å². The molecule has 0 unspecified atom stereocenters. The average molecular weight is 217 g/mol. The molecule has 2 fully saturated rings. The molecule has 1 atom stereocenters. The lowest BCUT2D eigenvalue weighted by atomic mass is 10.0. The average Bonchev–Trinajstić information content (AvgIpc) is 2.28. The molecule has 0 spiro atoms. The Kier molecular flexibility index (Phi) is 3.23. The van der Waals surface area contributed by atoms with Crippen LogP contribution < -0.4 is 0 Å². The Morgan fingerprint density at radius 2 is 2.00 bits per heavy atom. The van der Waals surface area contributed by atoms with Crippen LogP contribution in [0, 0.1) is 0 Å². The Labute approximate surface area is 86.6 Å². The molecule has 2 heterocycles. The first-order valence-electron chi connectivity index (χ1n) is 5.33. The van der Waals surface area contributed by atoms with E-state index in [1.807, 2.05) is 0 Å². The zero-order valence-corrected chi connectivity index (χ0v) is 9.99. The minimum Gasteiger partial charge on any atom is -0.364 e. The third kappa shape index (κ3) is 1.63. The van der Waals surface area contributed by atoms with E-state index in [0.29, 0.717) is 6.04 Å². The SMILES string of the molecule is CO[Si]1(OC)OCC[C@@H]2CCCCN21. The van der Waals surface area contributed by atoms with Gasteiger partial charge in [0, 0.05) is 26.9 Å². The quantitative estimate of drug-likeness (QED) is 0.645. The van der Waals surface area contributed by atoms with Crippen LogP contribution in [-0.4, -0.2) is 46.9 Å². The normalized spacial score (nSPS) is 32.6. The molecule has 0 aromatic carbocycles. The van der Waals surface area contributed by atoms with Crippen molar-refractivity contribution in [3.63, 3.8) is 0 Å². The number of fused-ring (bicyclic) bond motifs is 1. The highest BCUT2D eigenvalue weighted by molar-refractivity contribution is 6.57. The number of piperidine rings is 1. The van der Waals surface area contributed by atoms with Crippen LogP contribution in [-0.2, 0) is 13.3 Å². The topological polar surface area (TPSA) is 30.9 Å². The Morgan fingerprint density at radius 3 is 2.71 bits per heavy atom. The zero-order chi connectivity index (χ0) is 10.0. The number of hydrogen-bond acceptors (Lipinski definition) is 4. The van der Waals surface area contributed by atoms with Crippen molar-refractivity contribution in [1.29, 1.82) is 0 Å². The fraction of sp³-hybridized carbons (Fsp3) is 1.00. The maximum absolute atomic E-state index is 5.75. The molecule has 0 aliphatic carbocycles. The summed E-state index contributed by atoms with van der Waals surface area (Å²) < 4.78 is 19.1. The van der Waals surface area contributed by atoms with Gasteiger partial charge in [-0.2, -0.15) is 0 Å². The summed E-state index contributed by atoms with van der Waals surface area (Å²) in [6, 6.07) is 0.629. The van der Waals surface area contributed by atoms with Crippen molar-refractivity contribution in [3.05, 3.63) is 0 Å². The van der Waals surface area contributed by atoms with Crippen molar-refractivity contribution in [2.75, 3.05) is 27.4 Å². The van der Waals surface area contributed by atoms with Crippen LogP contribution in [0.25, 0.3) is 0 Å². The van der Waals surface area contributed by atoms with E-state index in [9.17, 15) is 0 Å². The molecule has 0 saturated carbocycles. The Bertz CT molecular complexity index is 196. The Morgan fingerprint density at radius 1 is 1.21 bits per heavy atom. The van der Waals surface area contributed by atoms with Gasteiger partial charge in [-0.15, -0.1) is 0 Å². The van der Waals surface area contributed by atoms with E-state index < -0.39 is 8.97 Å². The first kappa shape index (κ1) is 10.6. The van der Waals surface area contributed by atoms with E-state index in [4.69, 9.17) is 13.3 Å². The smallest absolute Gasteiger partial charge is 0.364 e. The van der Waals surface area contributed by atoms with E-state index in [2.05, 4.69) is 4.57 Å². The molecule has 0 amide bonds. The predicted molar refractivity (Wildman–Crippen MR) is 54.7 cm³/mol. The summed E-state index contributed by atoms with van der Waals surface area (Å²) in [5.74, 6) is 0. The van der Waals surface area contributed by atoms with Crippen molar-refractivity contribution in [1.82, 2.24) is 4.57 Å². The van der Waals surface area contributed by atoms with E-state index in [1.165, 1.54) is 19.3 Å². The van der Waals surface area contributed by atoms with Crippen LogP contribution in [0.2, 0.25) is 0 Å². The lowest BCUT2D eigenvalue weighted by Crippen LogP contribution is -2.67. The summed E-state index contributed by atoms with van der Waals surface area (Å²) in [5, 5.41) is 0. The van der Waals surface area contributed by atoms with E-state index in [1.54, 1.807) is 14.2 Å². The van der Waals surface area contributed by atoms with Gasteiger partial charge in [-0.05, 0) is 25.8 Å². The summed E-state index contributed by atoms with van der Waals surface area (Å²) in [7, 11) is 0.943. The van der Waals surface area contributed by atoms with Crippen molar-refractivity contribution in [2.24, 2.45) is 0 Å². The van der Waals surface area contributed by atoms with Gasteiger partial charge in [0.2, 0.25) is 0 Å². The third-order valence-corrected chi connectivity index (χ3v) is 6.12.